The van der Waals surface area contributed by atoms with E-state index < -0.39 is 30.2 Å². The van der Waals surface area contributed by atoms with Crippen LogP contribution in [0.3, 0.4) is 0 Å². The minimum absolute atomic E-state index is 0.0420. The molecular weight excluding hydrogens is 322 g/mol. The second kappa shape index (κ2) is 5.74. The van der Waals surface area contributed by atoms with Gasteiger partial charge >= 0.3 is 13.3 Å². The molecule has 0 radical (unpaired) electrons. The van der Waals surface area contributed by atoms with E-state index in [1.807, 2.05) is 27.7 Å². The van der Waals surface area contributed by atoms with E-state index in [0.717, 1.165) is 4.68 Å². The van der Waals surface area contributed by atoms with Crippen molar-refractivity contribution in [3.63, 3.8) is 0 Å². The average molecular weight is 345 g/mol. The first-order chi connectivity index (χ1) is 11.0. The summed E-state index contributed by atoms with van der Waals surface area (Å²) in [5, 5.41) is 7.21. The average Bonchev–Trinajstić information content (AvgIpc) is 2.99. The molecule has 5 nitrogen and oxygen atoms in total. The minimum atomic E-state index is -4.51. The second-order valence-corrected chi connectivity index (χ2v) is 7.46. The summed E-state index contributed by atoms with van der Waals surface area (Å²) in [6, 6.07) is -0.265. The fraction of sp³-hybridized carbons (Fsp3) is 0.800. The van der Waals surface area contributed by atoms with Crippen molar-refractivity contribution in [1.29, 1.82) is 0 Å². The van der Waals surface area contributed by atoms with Crippen LogP contribution in [0.5, 0.6) is 0 Å². The maximum atomic E-state index is 13.7. The van der Waals surface area contributed by atoms with Crippen molar-refractivity contribution < 1.29 is 22.5 Å². The Labute approximate surface area is 140 Å². The van der Waals surface area contributed by atoms with Crippen molar-refractivity contribution in [1.82, 2.24) is 15.1 Å². The van der Waals surface area contributed by atoms with Gasteiger partial charge in [-0.05, 0) is 53.6 Å². The lowest BCUT2D eigenvalue weighted by molar-refractivity contribution is -0.144. The lowest BCUT2D eigenvalue weighted by Gasteiger charge is -2.32. The van der Waals surface area contributed by atoms with E-state index >= 15 is 0 Å². The Balaban J connectivity index is 1.99. The van der Waals surface area contributed by atoms with Gasteiger partial charge in [-0.3, -0.25) is 4.68 Å². The maximum Gasteiger partial charge on any atom is 0.498 e. The van der Waals surface area contributed by atoms with Crippen molar-refractivity contribution in [2.24, 2.45) is 0 Å². The Morgan fingerprint density at radius 3 is 2.21 bits per heavy atom. The summed E-state index contributed by atoms with van der Waals surface area (Å²) in [6.45, 7) is 8.64. The van der Waals surface area contributed by atoms with Gasteiger partial charge < -0.3 is 14.6 Å². The van der Waals surface area contributed by atoms with Crippen LogP contribution in [0, 0.1) is 0 Å². The highest BCUT2D eigenvalue weighted by molar-refractivity contribution is 6.62. The van der Waals surface area contributed by atoms with Gasteiger partial charge in [0.25, 0.3) is 0 Å². The topological polar surface area (TPSA) is 48.3 Å². The van der Waals surface area contributed by atoms with Crippen LogP contribution in [0.15, 0.2) is 6.20 Å². The number of hydrogen-bond donors (Lipinski definition) is 1. The molecule has 1 aromatic rings. The first kappa shape index (κ1) is 17.8. The molecule has 0 saturated carbocycles. The van der Waals surface area contributed by atoms with Crippen molar-refractivity contribution in [2.45, 2.75) is 64.0 Å². The van der Waals surface area contributed by atoms with E-state index in [-0.39, 0.29) is 11.5 Å². The highest BCUT2D eigenvalue weighted by Crippen LogP contribution is 2.38. The standard InChI is InChI=1S/C15H23BF3N3O2/c1-13(2)14(3,4)24-16(23-13)11-9-21-22(12(11)15(17,18)19)10-5-7-20-8-6-10/h9-10,20H,5-8H2,1-4H3. The van der Waals surface area contributed by atoms with E-state index in [0.29, 0.717) is 25.9 Å². The van der Waals surface area contributed by atoms with Crippen LogP contribution < -0.4 is 10.8 Å². The molecule has 0 spiro atoms. The molecule has 0 amide bonds. The number of nitrogens with one attached hydrogen (secondary N) is 1. The summed E-state index contributed by atoms with van der Waals surface area (Å²) >= 11 is 0. The highest BCUT2D eigenvalue weighted by atomic mass is 19.4. The molecule has 3 heterocycles. The smallest absolute Gasteiger partial charge is 0.399 e. The molecule has 134 valence electrons. The van der Waals surface area contributed by atoms with Gasteiger partial charge in [0.1, 0.15) is 5.69 Å². The van der Waals surface area contributed by atoms with Crippen LogP contribution in [-0.2, 0) is 15.5 Å². The largest absolute Gasteiger partial charge is 0.498 e. The van der Waals surface area contributed by atoms with Crippen molar-refractivity contribution in [2.75, 3.05) is 13.1 Å². The third-order valence-electron chi connectivity index (χ3n) is 5.25. The number of rotatable bonds is 2. The predicted octanol–water partition coefficient (Wildman–Crippen LogP) is 2.13. The molecule has 0 aromatic carbocycles. The molecule has 0 unspecified atom stereocenters. The lowest BCUT2D eigenvalue weighted by atomic mass is 9.79. The molecule has 0 atom stereocenters. The van der Waals surface area contributed by atoms with E-state index in [9.17, 15) is 13.2 Å². The van der Waals surface area contributed by atoms with Crippen molar-refractivity contribution in [3.8, 4) is 0 Å². The van der Waals surface area contributed by atoms with Gasteiger partial charge in [0.2, 0.25) is 0 Å². The summed E-state index contributed by atoms with van der Waals surface area (Å²) in [4.78, 5) is 0. The summed E-state index contributed by atoms with van der Waals surface area (Å²) in [6.07, 6.45) is -2.03. The van der Waals surface area contributed by atoms with Gasteiger partial charge in [-0.1, -0.05) is 0 Å². The number of hydrogen-bond acceptors (Lipinski definition) is 4. The molecule has 2 aliphatic heterocycles. The SMILES string of the molecule is CC1(C)OB(c2cnn(C3CCNCC3)c2C(F)(F)F)OC1(C)C. The van der Waals surface area contributed by atoms with Crippen LogP contribution in [0.25, 0.3) is 0 Å². The summed E-state index contributed by atoms with van der Waals surface area (Å²) < 4.78 is 54.0. The summed E-state index contributed by atoms with van der Waals surface area (Å²) in [5.74, 6) is 0. The number of halogens is 3. The van der Waals surface area contributed by atoms with Crippen LogP contribution >= 0.6 is 0 Å². The van der Waals surface area contributed by atoms with Crippen molar-refractivity contribution >= 4 is 12.6 Å². The van der Waals surface area contributed by atoms with Gasteiger partial charge in [0.15, 0.2) is 0 Å². The first-order valence-electron chi connectivity index (χ1n) is 8.24. The van der Waals surface area contributed by atoms with Gasteiger partial charge in [0, 0.05) is 11.7 Å². The van der Waals surface area contributed by atoms with Gasteiger partial charge in [0.05, 0.1) is 17.2 Å². The predicted molar refractivity (Wildman–Crippen MR) is 84.1 cm³/mol. The van der Waals surface area contributed by atoms with E-state index in [1.165, 1.54) is 6.20 Å². The lowest BCUT2D eigenvalue weighted by Crippen LogP contribution is -2.41. The molecule has 0 bridgehead atoms. The zero-order valence-electron chi connectivity index (χ0n) is 14.4. The fourth-order valence-electron chi connectivity index (χ4n) is 3.14. The quantitative estimate of drug-likeness (QED) is 0.835. The molecular formula is C15H23BF3N3O2. The Kier molecular flexibility index (Phi) is 4.25. The van der Waals surface area contributed by atoms with Crippen LogP contribution in [0.4, 0.5) is 13.2 Å². The van der Waals surface area contributed by atoms with Crippen LogP contribution in [0.2, 0.25) is 0 Å². The Morgan fingerprint density at radius 1 is 1.17 bits per heavy atom. The van der Waals surface area contributed by atoms with Crippen LogP contribution in [-0.4, -0.2) is 41.2 Å². The fourth-order valence-corrected chi connectivity index (χ4v) is 3.14. The summed E-state index contributed by atoms with van der Waals surface area (Å²) in [7, 11) is -1.07. The molecule has 1 N–H and O–H groups in total. The monoisotopic (exact) mass is 345 g/mol. The minimum Gasteiger partial charge on any atom is -0.399 e. The zero-order chi connectivity index (χ0) is 17.8. The number of piperidine rings is 1. The Bertz CT molecular complexity index is 594. The Hall–Kier alpha value is -1.06. The number of nitrogens with zero attached hydrogens (tertiary/aromatic N) is 2. The molecule has 3 rings (SSSR count). The first-order valence-corrected chi connectivity index (χ1v) is 8.24. The van der Waals surface area contributed by atoms with Gasteiger partial charge in [-0.15, -0.1) is 0 Å². The number of alkyl halides is 3. The molecule has 2 saturated heterocycles. The highest BCUT2D eigenvalue weighted by Gasteiger charge is 2.55. The second-order valence-electron chi connectivity index (χ2n) is 7.46. The zero-order valence-corrected chi connectivity index (χ0v) is 14.4. The van der Waals surface area contributed by atoms with Crippen molar-refractivity contribution in [3.05, 3.63) is 11.9 Å². The van der Waals surface area contributed by atoms with Gasteiger partial charge in [-0.2, -0.15) is 18.3 Å². The third kappa shape index (κ3) is 2.97. The van der Waals surface area contributed by atoms with E-state index in [2.05, 4.69) is 10.4 Å². The molecule has 0 aliphatic carbocycles. The Morgan fingerprint density at radius 2 is 1.71 bits per heavy atom. The van der Waals surface area contributed by atoms with Crippen LogP contribution in [0.1, 0.15) is 52.3 Å². The van der Waals surface area contributed by atoms with E-state index in [1.54, 1.807) is 0 Å². The third-order valence-corrected chi connectivity index (χ3v) is 5.25. The molecule has 24 heavy (non-hydrogen) atoms. The molecule has 2 aliphatic rings. The van der Waals surface area contributed by atoms with Gasteiger partial charge in [-0.25, -0.2) is 0 Å². The molecule has 1 aromatic heterocycles. The maximum absolute atomic E-state index is 13.7. The number of aromatic nitrogens is 2. The summed E-state index contributed by atoms with van der Waals surface area (Å²) in [5.41, 5.74) is -2.19. The molecule has 2 fully saturated rings. The molecule has 9 heteroatoms. The van der Waals surface area contributed by atoms with E-state index in [4.69, 9.17) is 9.31 Å². The normalized spacial score (nSPS) is 24.5.